The summed E-state index contributed by atoms with van der Waals surface area (Å²) in [6.07, 6.45) is 1.26. The molecule has 1 heterocycles. The number of benzene rings is 2. The number of ether oxygens (including phenoxy) is 1. The smallest absolute Gasteiger partial charge is 0.192 e. The van der Waals surface area contributed by atoms with Gasteiger partial charge in [0.15, 0.2) is 5.78 Å². The molecule has 1 aliphatic heterocycles. The molecular formula is C25H23NO3. The molecule has 0 N–H and O–H groups in total. The zero-order valence-electron chi connectivity index (χ0n) is 16.9. The van der Waals surface area contributed by atoms with Gasteiger partial charge in [-0.2, -0.15) is 0 Å². The SMILES string of the molecule is COc1cccc([C@@H]2C3=C(N=C4CC(C)(C)CC(=O)C42)c2ccccc2C3=O)c1. The number of fused-ring (bicyclic) bond motifs is 3. The van der Waals surface area contributed by atoms with Crippen LogP contribution in [0.4, 0.5) is 0 Å². The van der Waals surface area contributed by atoms with Crippen LogP contribution in [-0.2, 0) is 4.79 Å². The van der Waals surface area contributed by atoms with Gasteiger partial charge in [0.2, 0.25) is 0 Å². The second-order valence-electron chi connectivity index (χ2n) is 8.96. The summed E-state index contributed by atoms with van der Waals surface area (Å²) in [5, 5.41) is 0. The summed E-state index contributed by atoms with van der Waals surface area (Å²) in [6, 6.07) is 15.4. The Kier molecular flexibility index (Phi) is 3.89. The van der Waals surface area contributed by atoms with Crippen LogP contribution in [0.2, 0.25) is 0 Å². The highest BCUT2D eigenvalue weighted by Gasteiger charge is 2.50. The van der Waals surface area contributed by atoms with Gasteiger partial charge in [0.25, 0.3) is 0 Å². The molecule has 0 amide bonds. The molecule has 5 rings (SSSR count). The summed E-state index contributed by atoms with van der Waals surface area (Å²) in [4.78, 5) is 31.7. The van der Waals surface area contributed by atoms with Gasteiger partial charge in [0, 0.05) is 34.8 Å². The average molecular weight is 385 g/mol. The molecule has 0 bridgehead atoms. The van der Waals surface area contributed by atoms with Crippen molar-refractivity contribution in [3.05, 3.63) is 70.8 Å². The van der Waals surface area contributed by atoms with Crippen LogP contribution >= 0.6 is 0 Å². The Hall–Kier alpha value is -3.01. The van der Waals surface area contributed by atoms with Crippen molar-refractivity contribution in [3.63, 3.8) is 0 Å². The van der Waals surface area contributed by atoms with Gasteiger partial charge in [0.1, 0.15) is 11.5 Å². The second-order valence-corrected chi connectivity index (χ2v) is 8.96. The van der Waals surface area contributed by atoms with Gasteiger partial charge in [-0.05, 0) is 29.5 Å². The highest BCUT2D eigenvalue weighted by atomic mass is 16.5. The Morgan fingerprint density at radius 1 is 0.966 bits per heavy atom. The lowest BCUT2D eigenvalue weighted by Crippen LogP contribution is -2.43. The number of Topliss-reactive ketones (excluding diaryl/α,β-unsaturated/α-hetero) is 2. The normalized spacial score (nSPS) is 24.6. The average Bonchev–Trinajstić information content (AvgIpc) is 2.98. The van der Waals surface area contributed by atoms with Gasteiger partial charge in [-0.15, -0.1) is 0 Å². The van der Waals surface area contributed by atoms with Crippen molar-refractivity contribution in [2.75, 3.05) is 7.11 Å². The van der Waals surface area contributed by atoms with Gasteiger partial charge in [-0.25, -0.2) is 0 Å². The maximum atomic E-state index is 13.4. The third-order valence-electron chi connectivity index (χ3n) is 6.30. The van der Waals surface area contributed by atoms with Gasteiger partial charge in [-0.3, -0.25) is 14.6 Å². The highest BCUT2D eigenvalue weighted by Crippen LogP contribution is 2.52. The van der Waals surface area contributed by atoms with Crippen LogP contribution in [0.1, 0.15) is 54.1 Å². The van der Waals surface area contributed by atoms with E-state index in [1.165, 1.54) is 0 Å². The lowest BCUT2D eigenvalue weighted by atomic mass is 9.63. The topological polar surface area (TPSA) is 55.7 Å². The molecule has 2 aromatic rings. The van der Waals surface area contributed by atoms with Gasteiger partial charge >= 0.3 is 0 Å². The maximum absolute atomic E-state index is 13.4. The monoisotopic (exact) mass is 385 g/mol. The van der Waals surface area contributed by atoms with E-state index in [1.807, 2.05) is 48.5 Å². The summed E-state index contributed by atoms with van der Waals surface area (Å²) in [6.45, 7) is 4.23. The largest absolute Gasteiger partial charge is 0.497 e. The molecule has 0 saturated heterocycles. The molecular weight excluding hydrogens is 362 g/mol. The van der Waals surface area contributed by atoms with Crippen LogP contribution in [0.3, 0.4) is 0 Å². The van der Waals surface area contributed by atoms with Crippen molar-refractivity contribution in [2.45, 2.75) is 32.6 Å². The molecule has 1 saturated carbocycles. The molecule has 2 aromatic carbocycles. The molecule has 4 heteroatoms. The van der Waals surface area contributed by atoms with Crippen molar-refractivity contribution in [2.24, 2.45) is 16.3 Å². The van der Waals surface area contributed by atoms with Gasteiger partial charge < -0.3 is 4.74 Å². The van der Waals surface area contributed by atoms with Crippen molar-refractivity contribution in [1.29, 1.82) is 0 Å². The molecule has 1 fully saturated rings. The molecule has 1 unspecified atom stereocenters. The third-order valence-corrected chi connectivity index (χ3v) is 6.30. The van der Waals surface area contributed by atoms with Crippen molar-refractivity contribution >= 4 is 23.0 Å². The van der Waals surface area contributed by atoms with Crippen LogP contribution in [0.5, 0.6) is 5.75 Å². The highest BCUT2D eigenvalue weighted by molar-refractivity contribution is 6.25. The summed E-state index contributed by atoms with van der Waals surface area (Å²) in [7, 11) is 1.63. The Morgan fingerprint density at radius 2 is 1.72 bits per heavy atom. The van der Waals surface area contributed by atoms with E-state index in [2.05, 4.69) is 13.8 Å². The first kappa shape index (κ1) is 18.0. The number of hydrogen-bond donors (Lipinski definition) is 0. The minimum absolute atomic E-state index is 0.0103. The molecule has 29 heavy (non-hydrogen) atoms. The number of carbonyl (C=O) groups is 2. The zero-order chi connectivity index (χ0) is 20.3. The standard InChI is InChI=1S/C25H23NO3/c1-25(2)12-18-21(19(27)13-25)20(14-7-6-8-15(11-14)29-3)22-23(26-18)16-9-4-5-10-17(16)24(22)28/h4-11,20-21H,12-13H2,1-3H3/t20-,21?/m0/s1. The Balaban J connectivity index is 1.75. The summed E-state index contributed by atoms with van der Waals surface area (Å²) in [5.74, 6) is 0.176. The molecule has 0 spiro atoms. The number of hydrogen-bond acceptors (Lipinski definition) is 4. The quantitative estimate of drug-likeness (QED) is 0.743. The van der Waals surface area contributed by atoms with E-state index in [9.17, 15) is 9.59 Å². The van der Waals surface area contributed by atoms with Crippen molar-refractivity contribution in [3.8, 4) is 5.75 Å². The second kappa shape index (κ2) is 6.24. The fraction of sp³-hybridized carbons (Fsp3) is 0.320. The van der Waals surface area contributed by atoms with E-state index < -0.39 is 0 Å². The first-order valence-corrected chi connectivity index (χ1v) is 10.0. The minimum Gasteiger partial charge on any atom is -0.497 e. The first-order valence-electron chi connectivity index (χ1n) is 10.0. The lowest BCUT2D eigenvalue weighted by molar-refractivity contribution is -0.124. The van der Waals surface area contributed by atoms with Crippen molar-refractivity contribution in [1.82, 2.24) is 0 Å². The Labute approximate surface area is 170 Å². The molecule has 2 aliphatic carbocycles. The molecule has 3 aliphatic rings. The number of allylic oxidation sites excluding steroid dienone is 1. The van der Waals surface area contributed by atoms with Crippen LogP contribution in [0.15, 0.2) is 59.1 Å². The molecule has 4 nitrogen and oxygen atoms in total. The summed E-state index contributed by atoms with van der Waals surface area (Å²) < 4.78 is 5.43. The molecule has 146 valence electrons. The van der Waals surface area contributed by atoms with Crippen LogP contribution in [-0.4, -0.2) is 24.4 Å². The number of methoxy groups -OCH3 is 1. The zero-order valence-corrected chi connectivity index (χ0v) is 16.9. The van der Waals surface area contributed by atoms with E-state index in [0.29, 0.717) is 17.6 Å². The van der Waals surface area contributed by atoms with E-state index >= 15 is 0 Å². The summed E-state index contributed by atoms with van der Waals surface area (Å²) >= 11 is 0. The van der Waals surface area contributed by atoms with Gasteiger partial charge in [-0.1, -0.05) is 50.2 Å². The fourth-order valence-electron chi connectivity index (χ4n) is 5.12. The maximum Gasteiger partial charge on any atom is 0.192 e. The predicted octanol–water partition coefficient (Wildman–Crippen LogP) is 4.85. The number of rotatable bonds is 2. The van der Waals surface area contributed by atoms with E-state index in [1.54, 1.807) is 7.11 Å². The fourth-order valence-corrected chi connectivity index (χ4v) is 5.12. The number of carbonyl (C=O) groups excluding carboxylic acids is 2. The van der Waals surface area contributed by atoms with Gasteiger partial charge in [0.05, 0.1) is 18.7 Å². The number of nitrogens with zero attached hydrogens (tertiary/aromatic N) is 1. The molecule has 0 radical (unpaired) electrons. The predicted molar refractivity (Wildman–Crippen MR) is 112 cm³/mol. The Morgan fingerprint density at radius 3 is 2.48 bits per heavy atom. The van der Waals surface area contributed by atoms with E-state index in [-0.39, 0.29) is 28.8 Å². The van der Waals surface area contributed by atoms with Crippen LogP contribution < -0.4 is 4.74 Å². The first-order chi connectivity index (χ1) is 13.9. The lowest BCUT2D eigenvalue weighted by Gasteiger charge is -2.40. The number of ketones is 2. The molecule has 0 aromatic heterocycles. The van der Waals surface area contributed by atoms with E-state index in [0.717, 1.165) is 34.7 Å². The van der Waals surface area contributed by atoms with Crippen LogP contribution in [0, 0.1) is 11.3 Å². The molecule has 2 atom stereocenters. The minimum atomic E-state index is -0.382. The van der Waals surface area contributed by atoms with Crippen LogP contribution in [0.25, 0.3) is 5.70 Å². The van der Waals surface area contributed by atoms with E-state index in [4.69, 9.17) is 9.73 Å². The third kappa shape index (κ3) is 2.70. The number of aliphatic imine (C=N–C) groups is 1. The van der Waals surface area contributed by atoms with Crippen molar-refractivity contribution < 1.29 is 14.3 Å². The summed E-state index contributed by atoms with van der Waals surface area (Å²) in [5.41, 5.74) is 4.68. The Bertz CT molecular complexity index is 1120.